The third-order valence-electron chi connectivity index (χ3n) is 2.53. The molecule has 0 spiro atoms. The summed E-state index contributed by atoms with van der Waals surface area (Å²) in [6.45, 7) is 3.97. The van der Waals surface area contributed by atoms with Crippen LogP contribution in [0.5, 0.6) is 0 Å². The molecule has 14 heavy (non-hydrogen) atoms. The van der Waals surface area contributed by atoms with Crippen molar-refractivity contribution in [1.29, 1.82) is 0 Å². The molecule has 0 amide bonds. The molecule has 0 aliphatic heterocycles. The Bertz CT molecular complexity index is 292. The molecule has 0 bridgehead atoms. The van der Waals surface area contributed by atoms with Crippen LogP contribution in [-0.4, -0.2) is 0 Å². The molecule has 0 radical (unpaired) electrons. The molecule has 1 aromatic carbocycles. The van der Waals surface area contributed by atoms with E-state index in [1.54, 1.807) is 0 Å². The van der Waals surface area contributed by atoms with Crippen LogP contribution in [0.4, 0.5) is 8.78 Å². The van der Waals surface area contributed by atoms with Gasteiger partial charge in [0, 0.05) is 12.1 Å². The van der Waals surface area contributed by atoms with Gasteiger partial charge in [0.2, 0.25) is 0 Å². The quantitative estimate of drug-likeness (QED) is 0.795. The van der Waals surface area contributed by atoms with Gasteiger partial charge in [-0.3, -0.25) is 0 Å². The van der Waals surface area contributed by atoms with E-state index < -0.39 is 11.6 Å². The van der Waals surface area contributed by atoms with Crippen LogP contribution in [0, 0.1) is 17.6 Å². The predicted octanol–water partition coefficient (Wildman–Crippen LogP) is 3.01. The zero-order valence-electron chi connectivity index (χ0n) is 8.43. The Morgan fingerprint density at radius 1 is 1.21 bits per heavy atom. The van der Waals surface area contributed by atoms with Crippen LogP contribution in [0.25, 0.3) is 0 Å². The van der Waals surface area contributed by atoms with E-state index in [2.05, 4.69) is 0 Å². The van der Waals surface area contributed by atoms with Crippen molar-refractivity contribution in [2.24, 2.45) is 11.7 Å². The molecule has 2 atom stereocenters. The number of nitrogens with two attached hydrogens (primary N) is 1. The van der Waals surface area contributed by atoms with Crippen LogP contribution in [0.2, 0.25) is 0 Å². The van der Waals surface area contributed by atoms with Crippen molar-refractivity contribution in [3.63, 3.8) is 0 Å². The second kappa shape index (κ2) is 4.51. The standard InChI is InChI=1S/C11H15F2N/c1-3-7(2)11(14)8-4-9(12)6-10(13)5-8/h4-7,11H,3,14H2,1-2H3/t7?,11-/m1/s1. The van der Waals surface area contributed by atoms with Gasteiger partial charge in [0.15, 0.2) is 0 Å². The fourth-order valence-corrected chi connectivity index (χ4v) is 1.35. The van der Waals surface area contributed by atoms with Crippen molar-refractivity contribution in [2.75, 3.05) is 0 Å². The maximum absolute atomic E-state index is 12.9. The highest BCUT2D eigenvalue weighted by molar-refractivity contribution is 5.21. The van der Waals surface area contributed by atoms with Gasteiger partial charge in [-0.1, -0.05) is 20.3 Å². The van der Waals surface area contributed by atoms with Gasteiger partial charge < -0.3 is 5.73 Å². The molecule has 1 nitrogen and oxygen atoms in total. The molecule has 2 N–H and O–H groups in total. The Balaban J connectivity index is 2.94. The van der Waals surface area contributed by atoms with Crippen molar-refractivity contribution in [3.8, 4) is 0 Å². The lowest BCUT2D eigenvalue weighted by molar-refractivity contribution is 0.451. The minimum absolute atomic E-state index is 0.219. The van der Waals surface area contributed by atoms with Crippen LogP contribution in [0.3, 0.4) is 0 Å². The van der Waals surface area contributed by atoms with Gasteiger partial charge in [-0.15, -0.1) is 0 Å². The second-order valence-electron chi connectivity index (χ2n) is 3.61. The van der Waals surface area contributed by atoms with Crippen molar-refractivity contribution >= 4 is 0 Å². The van der Waals surface area contributed by atoms with E-state index in [4.69, 9.17) is 5.73 Å². The molecule has 1 rings (SSSR count). The first kappa shape index (κ1) is 11.1. The van der Waals surface area contributed by atoms with Crippen LogP contribution < -0.4 is 5.73 Å². The second-order valence-corrected chi connectivity index (χ2v) is 3.61. The maximum Gasteiger partial charge on any atom is 0.126 e. The molecule has 0 aliphatic rings. The zero-order valence-corrected chi connectivity index (χ0v) is 8.43. The number of hydrogen-bond acceptors (Lipinski definition) is 1. The van der Waals surface area contributed by atoms with E-state index in [9.17, 15) is 8.78 Å². The van der Waals surface area contributed by atoms with Gasteiger partial charge in [0.1, 0.15) is 11.6 Å². The van der Waals surface area contributed by atoms with E-state index >= 15 is 0 Å². The highest BCUT2D eigenvalue weighted by Crippen LogP contribution is 2.23. The molecule has 0 fully saturated rings. The Hall–Kier alpha value is -0.960. The Morgan fingerprint density at radius 3 is 2.14 bits per heavy atom. The maximum atomic E-state index is 12.9. The van der Waals surface area contributed by atoms with Crippen molar-refractivity contribution in [2.45, 2.75) is 26.3 Å². The van der Waals surface area contributed by atoms with E-state index in [1.165, 1.54) is 12.1 Å². The number of rotatable bonds is 3. The van der Waals surface area contributed by atoms with Gasteiger partial charge in [-0.05, 0) is 23.6 Å². The molecule has 0 aromatic heterocycles. The molecule has 0 heterocycles. The van der Waals surface area contributed by atoms with Crippen molar-refractivity contribution in [1.82, 2.24) is 0 Å². The Labute approximate surface area is 82.9 Å². The van der Waals surface area contributed by atoms with Gasteiger partial charge in [0.05, 0.1) is 0 Å². The highest BCUT2D eigenvalue weighted by Gasteiger charge is 2.14. The predicted molar refractivity (Wildman–Crippen MR) is 52.7 cm³/mol. The Kier molecular flexibility index (Phi) is 3.58. The lowest BCUT2D eigenvalue weighted by atomic mass is 9.93. The van der Waals surface area contributed by atoms with Crippen LogP contribution in [0.1, 0.15) is 31.9 Å². The summed E-state index contributed by atoms with van der Waals surface area (Å²) in [6.07, 6.45) is 0.888. The molecule has 1 unspecified atom stereocenters. The lowest BCUT2D eigenvalue weighted by Gasteiger charge is -2.18. The summed E-state index contributed by atoms with van der Waals surface area (Å²) in [5.41, 5.74) is 6.38. The van der Waals surface area contributed by atoms with E-state index in [0.717, 1.165) is 12.5 Å². The fourth-order valence-electron chi connectivity index (χ4n) is 1.35. The summed E-state index contributed by atoms with van der Waals surface area (Å²) in [6, 6.07) is 3.14. The summed E-state index contributed by atoms with van der Waals surface area (Å²) < 4.78 is 25.7. The minimum Gasteiger partial charge on any atom is -0.324 e. The molecule has 0 saturated heterocycles. The van der Waals surface area contributed by atoms with Gasteiger partial charge >= 0.3 is 0 Å². The van der Waals surface area contributed by atoms with Gasteiger partial charge in [0.25, 0.3) is 0 Å². The number of benzene rings is 1. The average Bonchev–Trinajstić information content (AvgIpc) is 2.14. The van der Waals surface area contributed by atoms with E-state index in [1.807, 2.05) is 13.8 Å². The first-order valence-electron chi connectivity index (χ1n) is 4.76. The van der Waals surface area contributed by atoms with Gasteiger partial charge in [-0.25, -0.2) is 8.78 Å². The number of halogens is 2. The minimum atomic E-state index is -0.571. The number of hydrogen-bond donors (Lipinski definition) is 1. The monoisotopic (exact) mass is 199 g/mol. The van der Waals surface area contributed by atoms with Crippen LogP contribution in [-0.2, 0) is 0 Å². The highest BCUT2D eigenvalue weighted by atomic mass is 19.1. The summed E-state index contributed by atoms with van der Waals surface area (Å²) in [7, 11) is 0. The summed E-state index contributed by atoms with van der Waals surface area (Å²) in [4.78, 5) is 0. The molecular formula is C11H15F2N. The molecule has 3 heteroatoms. The largest absolute Gasteiger partial charge is 0.324 e. The van der Waals surface area contributed by atoms with Crippen molar-refractivity contribution < 1.29 is 8.78 Å². The average molecular weight is 199 g/mol. The van der Waals surface area contributed by atoms with E-state index in [0.29, 0.717) is 5.56 Å². The van der Waals surface area contributed by atoms with Crippen molar-refractivity contribution in [3.05, 3.63) is 35.4 Å². The topological polar surface area (TPSA) is 26.0 Å². The molecule has 1 aromatic rings. The zero-order chi connectivity index (χ0) is 10.7. The summed E-state index contributed by atoms with van der Waals surface area (Å²) in [5.74, 6) is -0.922. The van der Waals surface area contributed by atoms with Crippen LogP contribution in [0.15, 0.2) is 18.2 Å². The van der Waals surface area contributed by atoms with E-state index in [-0.39, 0.29) is 12.0 Å². The fraction of sp³-hybridized carbons (Fsp3) is 0.455. The Morgan fingerprint density at radius 2 is 1.71 bits per heavy atom. The first-order chi connectivity index (χ1) is 6.54. The molecule has 0 saturated carbocycles. The molecule has 0 aliphatic carbocycles. The summed E-state index contributed by atoms with van der Waals surface area (Å²) in [5, 5.41) is 0. The third-order valence-corrected chi connectivity index (χ3v) is 2.53. The SMILES string of the molecule is CCC(C)[C@@H](N)c1cc(F)cc(F)c1. The van der Waals surface area contributed by atoms with Crippen LogP contribution >= 0.6 is 0 Å². The molecule has 78 valence electrons. The van der Waals surface area contributed by atoms with Gasteiger partial charge in [-0.2, -0.15) is 0 Å². The smallest absolute Gasteiger partial charge is 0.126 e. The first-order valence-corrected chi connectivity index (χ1v) is 4.76. The third kappa shape index (κ3) is 2.51. The summed E-state index contributed by atoms with van der Waals surface area (Å²) >= 11 is 0. The lowest BCUT2D eigenvalue weighted by Crippen LogP contribution is -2.18. The normalized spacial score (nSPS) is 15.2. The molecular weight excluding hydrogens is 184 g/mol.